The summed E-state index contributed by atoms with van der Waals surface area (Å²) in [6.45, 7) is 6.24. The summed E-state index contributed by atoms with van der Waals surface area (Å²) >= 11 is 0. The van der Waals surface area contributed by atoms with Crippen LogP contribution in [0.25, 0.3) is 0 Å². The molecule has 4 heteroatoms. The molecular formula is C13H24N4. The van der Waals surface area contributed by atoms with Gasteiger partial charge in [0.1, 0.15) is 0 Å². The van der Waals surface area contributed by atoms with Gasteiger partial charge in [-0.05, 0) is 52.7 Å². The van der Waals surface area contributed by atoms with E-state index in [4.69, 9.17) is 5.73 Å². The molecule has 1 aliphatic heterocycles. The van der Waals surface area contributed by atoms with Crippen LogP contribution in [0.4, 0.5) is 0 Å². The first-order valence-electron chi connectivity index (χ1n) is 6.58. The van der Waals surface area contributed by atoms with Crippen molar-refractivity contribution in [3.63, 3.8) is 0 Å². The molecule has 2 rings (SSSR count). The van der Waals surface area contributed by atoms with Crippen molar-refractivity contribution >= 4 is 0 Å². The second kappa shape index (κ2) is 5.19. The average Bonchev–Trinajstić information content (AvgIpc) is 2.77. The molecule has 0 aliphatic carbocycles. The Morgan fingerprint density at radius 1 is 1.53 bits per heavy atom. The third-order valence-electron chi connectivity index (χ3n) is 3.80. The normalized spacial score (nSPS) is 26.6. The molecule has 0 spiro atoms. The van der Waals surface area contributed by atoms with Crippen molar-refractivity contribution in [1.82, 2.24) is 14.7 Å². The Labute approximate surface area is 104 Å². The van der Waals surface area contributed by atoms with Crippen LogP contribution >= 0.6 is 0 Å². The van der Waals surface area contributed by atoms with Gasteiger partial charge in [0, 0.05) is 23.8 Å². The standard InChI is InChI=1S/C13H24N4/c1-10(2)17-9-12(8-15-17)13-11(7-14)5-4-6-16(13)3/h8-11,13H,4-7,14H2,1-3H3. The van der Waals surface area contributed by atoms with Crippen LogP contribution in [0.3, 0.4) is 0 Å². The fourth-order valence-corrected chi connectivity index (χ4v) is 2.82. The van der Waals surface area contributed by atoms with Gasteiger partial charge in [0.25, 0.3) is 0 Å². The van der Waals surface area contributed by atoms with E-state index in [-0.39, 0.29) is 0 Å². The predicted molar refractivity (Wildman–Crippen MR) is 69.8 cm³/mol. The van der Waals surface area contributed by atoms with Gasteiger partial charge in [0.2, 0.25) is 0 Å². The third-order valence-corrected chi connectivity index (χ3v) is 3.80. The smallest absolute Gasteiger partial charge is 0.0537 e. The molecule has 0 radical (unpaired) electrons. The lowest BCUT2D eigenvalue weighted by Gasteiger charge is -2.38. The van der Waals surface area contributed by atoms with Gasteiger partial charge in [-0.25, -0.2) is 0 Å². The summed E-state index contributed by atoms with van der Waals surface area (Å²) in [5.74, 6) is 0.568. The molecule has 2 unspecified atom stereocenters. The van der Waals surface area contributed by atoms with Gasteiger partial charge < -0.3 is 5.73 Å². The molecule has 1 aromatic heterocycles. The highest BCUT2D eigenvalue weighted by molar-refractivity contribution is 5.13. The van der Waals surface area contributed by atoms with Crippen molar-refractivity contribution in [3.05, 3.63) is 18.0 Å². The largest absolute Gasteiger partial charge is 0.330 e. The molecule has 0 aromatic carbocycles. The molecular weight excluding hydrogens is 212 g/mol. The maximum atomic E-state index is 5.91. The summed E-state index contributed by atoms with van der Waals surface area (Å²) in [5, 5.41) is 4.44. The maximum absolute atomic E-state index is 5.91. The quantitative estimate of drug-likeness (QED) is 0.870. The Kier molecular flexibility index (Phi) is 3.84. The third kappa shape index (κ3) is 2.53. The Bertz CT molecular complexity index is 358. The van der Waals surface area contributed by atoms with Gasteiger partial charge in [0.15, 0.2) is 0 Å². The summed E-state index contributed by atoms with van der Waals surface area (Å²) in [4.78, 5) is 2.42. The number of hydrogen-bond acceptors (Lipinski definition) is 3. The Balaban J connectivity index is 2.22. The highest BCUT2D eigenvalue weighted by Gasteiger charge is 2.30. The van der Waals surface area contributed by atoms with E-state index in [2.05, 4.69) is 37.1 Å². The van der Waals surface area contributed by atoms with Gasteiger partial charge in [-0.15, -0.1) is 0 Å². The zero-order chi connectivity index (χ0) is 12.4. The van der Waals surface area contributed by atoms with Crippen LogP contribution in [0, 0.1) is 5.92 Å². The van der Waals surface area contributed by atoms with Crippen molar-refractivity contribution in [2.75, 3.05) is 20.1 Å². The van der Waals surface area contributed by atoms with Crippen LogP contribution < -0.4 is 5.73 Å². The molecule has 0 saturated carbocycles. The van der Waals surface area contributed by atoms with Gasteiger partial charge in [-0.2, -0.15) is 5.10 Å². The predicted octanol–water partition coefficient (Wildman–Crippen LogP) is 1.81. The number of rotatable bonds is 3. The molecule has 2 atom stereocenters. The van der Waals surface area contributed by atoms with E-state index in [0.29, 0.717) is 18.0 Å². The lowest BCUT2D eigenvalue weighted by Crippen LogP contribution is -2.39. The van der Waals surface area contributed by atoms with E-state index >= 15 is 0 Å². The molecule has 0 amide bonds. The lowest BCUT2D eigenvalue weighted by molar-refractivity contribution is 0.125. The fourth-order valence-electron chi connectivity index (χ4n) is 2.82. The van der Waals surface area contributed by atoms with Crippen molar-refractivity contribution in [2.45, 2.75) is 38.8 Å². The van der Waals surface area contributed by atoms with Crippen LogP contribution in [0.15, 0.2) is 12.4 Å². The van der Waals surface area contributed by atoms with Crippen LogP contribution in [-0.2, 0) is 0 Å². The van der Waals surface area contributed by atoms with Crippen LogP contribution in [0.2, 0.25) is 0 Å². The van der Waals surface area contributed by atoms with Crippen molar-refractivity contribution in [2.24, 2.45) is 11.7 Å². The fraction of sp³-hybridized carbons (Fsp3) is 0.769. The first kappa shape index (κ1) is 12.6. The number of likely N-dealkylation sites (tertiary alicyclic amines) is 1. The van der Waals surface area contributed by atoms with Crippen LogP contribution in [0.5, 0.6) is 0 Å². The first-order valence-corrected chi connectivity index (χ1v) is 6.58. The zero-order valence-electron chi connectivity index (χ0n) is 11.1. The second-order valence-electron chi connectivity index (χ2n) is 5.41. The number of nitrogens with two attached hydrogens (primary N) is 1. The Morgan fingerprint density at radius 3 is 2.88 bits per heavy atom. The van der Waals surface area contributed by atoms with Gasteiger partial charge in [0.05, 0.1) is 6.20 Å². The minimum absolute atomic E-state index is 0.425. The van der Waals surface area contributed by atoms with Crippen LogP contribution in [0.1, 0.15) is 44.3 Å². The van der Waals surface area contributed by atoms with Crippen LogP contribution in [-0.4, -0.2) is 34.8 Å². The topological polar surface area (TPSA) is 47.1 Å². The molecule has 2 N–H and O–H groups in total. The average molecular weight is 236 g/mol. The Morgan fingerprint density at radius 2 is 2.29 bits per heavy atom. The van der Waals surface area contributed by atoms with Crippen molar-refractivity contribution in [3.8, 4) is 0 Å². The van der Waals surface area contributed by atoms with Gasteiger partial charge >= 0.3 is 0 Å². The number of nitrogens with zero attached hydrogens (tertiary/aromatic N) is 3. The maximum Gasteiger partial charge on any atom is 0.0537 e. The van der Waals surface area contributed by atoms with Gasteiger partial charge in [-0.1, -0.05) is 0 Å². The molecule has 1 fully saturated rings. The SMILES string of the molecule is CC(C)n1cc(C2C(CN)CCCN2C)cn1. The summed E-state index contributed by atoms with van der Waals surface area (Å²) in [6.07, 6.45) is 6.68. The number of hydrogen-bond donors (Lipinski definition) is 1. The summed E-state index contributed by atoms with van der Waals surface area (Å²) in [6, 6.07) is 0.871. The monoisotopic (exact) mass is 236 g/mol. The lowest BCUT2D eigenvalue weighted by atomic mass is 9.86. The first-order chi connectivity index (χ1) is 8.13. The van der Waals surface area contributed by atoms with Crippen molar-refractivity contribution in [1.29, 1.82) is 0 Å². The highest BCUT2D eigenvalue weighted by Crippen LogP contribution is 2.34. The van der Waals surface area contributed by atoms with E-state index in [1.54, 1.807) is 0 Å². The minimum atomic E-state index is 0.425. The second-order valence-corrected chi connectivity index (χ2v) is 5.41. The van der Waals surface area contributed by atoms with E-state index in [9.17, 15) is 0 Å². The van der Waals surface area contributed by atoms with Crippen molar-refractivity contribution < 1.29 is 0 Å². The molecule has 96 valence electrons. The minimum Gasteiger partial charge on any atom is -0.330 e. The molecule has 2 heterocycles. The van der Waals surface area contributed by atoms with Gasteiger partial charge in [-0.3, -0.25) is 9.58 Å². The molecule has 1 aliphatic rings. The number of aromatic nitrogens is 2. The van der Waals surface area contributed by atoms with E-state index < -0.39 is 0 Å². The molecule has 0 bridgehead atoms. The van der Waals surface area contributed by atoms with E-state index in [1.807, 2.05) is 10.9 Å². The highest BCUT2D eigenvalue weighted by atomic mass is 15.3. The van der Waals surface area contributed by atoms with E-state index in [1.165, 1.54) is 18.4 Å². The molecule has 1 aromatic rings. The summed E-state index contributed by atoms with van der Waals surface area (Å²) in [7, 11) is 2.19. The summed E-state index contributed by atoms with van der Waals surface area (Å²) in [5.41, 5.74) is 7.22. The number of piperidine rings is 1. The zero-order valence-corrected chi connectivity index (χ0v) is 11.1. The Hall–Kier alpha value is -0.870. The molecule has 4 nitrogen and oxygen atoms in total. The van der Waals surface area contributed by atoms with E-state index in [0.717, 1.165) is 13.1 Å². The molecule has 1 saturated heterocycles. The summed E-state index contributed by atoms with van der Waals surface area (Å²) < 4.78 is 2.03. The molecule has 17 heavy (non-hydrogen) atoms.